The molecule has 6 nitrogen and oxygen atoms in total. The molecule has 1 heterocycles. The van der Waals surface area contributed by atoms with Crippen LogP contribution in [0.2, 0.25) is 0 Å². The quantitative estimate of drug-likeness (QED) is 0.911. The van der Waals surface area contributed by atoms with Crippen molar-refractivity contribution in [1.29, 1.82) is 0 Å². The fourth-order valence-electron chi connectivity index (χ4n) is 1.45. The van der Waals surface area contributed by atoms with E-state index in [0.29, 0.717) is 18.9 Å². The lowest BCUT2D eigenvalue weighted by Gasteiger charge is -1.99. The molecular weight excluding hydrogens is 253 g/mol. The van der Waals surface area contributed by atoms with Gasteiger partial charge in [-0.05, 0) is 12.1 Å². The Labute approximate surface area is 108 Å². The molecule has 100 valence electrons. The molecule has 2 rings (SSSR count). The molecule has 7 heteroatoms. The smallest absolute Gasteiger partial charge is 0.406 e. The van der Waals surface area contributed by atoms with Crippen LogP contribution in [0.4, 0.5) is 9.18 Å². The fraction of sp³-hybridized carbons (Fsp3) is 0.250. The van der Waals surface area contributed by atoms with E-state index in [1.54, 1.807) is 18.2 Å². The number of nitrogens with one attached hydrogen (secondary N) is 1. The highest BCUT2D eigenvalue weighted by atomic mass is 19.1. The zero-order valence-electron chi connectivity index (χ0n) is 10.2. The summed E-state index contributed by atoms with van der Waals surface area (Å²) in [5.74, 6) is 0.0864. The lowest BCUT2D eigenvalue weighted by atomic mass is 10.2. The number of nitrogens with zero attached hydrogens (tertiary/aromatic N) is 2. The number of ether oxygens (including phenoxy) is 1. The minimum Gasteiger partial charge on any atom is -0.453 e. The molecule has 0 aliphatic carbocycles. The first kappa shape index (κ1) is 13.0. The molecule has 1 amide bonds. The van der Waals surface area contributed by atoms with Crippen molar-refractivity contribution in [2.45, 2.75) is 6.42 Å². The van der Waals surface area contributed by atoms with Gasteiger partial charge in [0.15, 0.2) is 0 Å². The number of alkyl carbamates (subject to hydrolysis) is 1. The monoisotopic (exact) mass is 265 g/mol. The number of halogens is 1. The highest BCUT2D eigenvalue weighted by Crippen LogP contribution is 2.19. The molecule has 0 unspecified atom stereocenters. The number of amides is 1. The Morgan fingerprint density at radius 2 is 2.26 bits per heavy atom. The van der Waals surface area contributed by atoms with Crippen molar-refractivity contribution >= 4 is 6.09 Å². The number of methoxy groups -OCH3 is 1. The van der Waals surface area contributed by atoms with Crippen molar-refractivity contribution in [3.8, 4) is 11.4 Å². The van der Waals surface area contributed by atoms with Crippen LogP contribution in [0.3, 0.4) is 0 Å². The summed E-state index contributed by atoms with van der Waals surface area (Å²) in [4.78, 5) is 14.9. The van der Waals surface area contributed by atoms with E-state index in [4.69, 9.17) is 4.52 Å². The molecule has 0 spiro atoms. The predicted molar refractivity (Wildman–Crippen MR) is 63.8 cm³/mol. The first-order chi connectivity index (χ1) is 9.20. The molecule has 0 aliphatic rings. The number of rotatable bonds is 4. The minimum atomic E-state index is -0.533. The summed E-state index contributed by atoms with van der Waals surface area (Å²) in [6.07, 6.45) is -0.190. The summed E-state index contributed by atoms with van der Waals surface area (Å²) >= 11 is 0. The van der Waals surface area contributed by atoms with Gasteiger partial charge in [-0.15, -0.1) is 0 Å². The van der Waals surface area contributed by atoms with E-state index in [9.17, 15) is 9.18 Å². The van der Waals surface area contributed by atoms with Crippen LogP contribution in [0.5, 0.6) is 0 Å². The SMILES string of the molecule is COC(=O)NCCc1nc(-c2ccccc2F)no1. The lowest BCUT2D eigenvalue weighted by Crippen LogP contribution is -2.25. The molecule has 1 aromatic carbocycles. The Morgan fingerprint density at radius 1 is 1.47 bits per heavy atom. The number of hydrogen-bond acceptors (Lipinski definition) is 5. The molecular formula is C12H12FN3O3. The first-order valence-electron chi connectivity index (χ1n) is 5.60. The van der Waals surface area contributed by atoms with Crippen LogP contribution >= 0.6 is 0 Å². The summed E-state index contributed by atoms with van der Waals surface area (Å²) in [6, 6.07) is 6.16. The van der Waals surface area contributed by atoms with Crippen LogP contribution in [0.25, 0.3) is 11.4 Å². The number of hydrogen-bond donors (Lipinski definition) is 1. The Kier molecular flexibility index (Phi) is 4.07. The van der Waals surface area contributed by atoms with Gasteiger partial charge < -0.3 is 14.6 Å². The van der Waals surface area contributed by atoms with Gasteiger partial charge in [0.2, 0.25) is 11.7 Å². The number of aromatic nitrogens is 2. The fourth-order valence-corrected chi connectivity index (χ4v) is 1.45. The zero-order chi connectivity index (χ0) is 13.7. The first-order valence-corrected chi connectivity index (χ1v) is 5.60. The van der Waals surface area contributed by atoms with E-state index in [1.165, 1.54) is 13.2 Å². The normalized spacial score (nSPS) is 10.2. The van der Waals surface area contributed by atoms with Crippen molar-refractivity contribution in [3.05, 3.63) is 36.0 Å². The average molecular weight is 265 g/mol. The van der Waals surface area contributed by atoms with Crippen molar-refractivity contribution < 1.29 is 18.4 Å². The standard InChI is InChI=1S/C12H12FN3O3/c1-18-12(17)14-7-6-10-15-11(16-19-10)8-4-2-3-5-9(8)13/h2-5H,6-7H2,1H3,(H,14,17). The largest absolute Gasteiger partial charge is 0.453 e. The molecule has 0 aliphatic heterocycles. The molecule has 0 radical (unpaired) electrons. The summed E-state index contributed by atoms with van der Waals surface area (Å²) in [7, 11) is 1.28. The molecule has 0 atom stereocenters. The Bertz CT molecular complexity index is 571. The van der Waals surface area contributed by atoms with Gasteiger partial charge in [-0.2, -0.15) is 4.98 Å². The van der Waals surface area contributed by atoms with Gasteiger partial charge in [0.25, 0.3) is 0 Å². The van der Waals surface area contributed by atoms with E-state index < -0.39 is 11.9 Å². The van der Waals surface area contributed by atoms with Crippen molar-refractivity contribution in [1.82, 2.24) is 15.5 Å². The molecule has 0 saturated carbocycles. The summed E-state index contributed by atoms with van der Waals surface area (Å²) in [6.45, 7) is 0.297. The number of carbonyl (C=O) groups excluding carboxylic acids is 1. The second-order valence-electron chi connectivity index (χ2n) is 3.66. The molecule has 0 bridgehead atoms. The Morgan fingerprint density at radius 3 is 3.00 bits per heavy atom. The lowest BCUT2D eigenvalue weighted by molar-refractivity contribution is 0.171. The second kappa shape index (κ2) is 5.94. The Hall–Kier alpha value is -2.44. The maximum absolute atomic E-state index is 13.5. The van der Waals surface area contributed by atoms with Gasteiger partial charge in [-0.25, -0.2) is 9.18 Å². The molecule has 1 aromatic heterocycles. The van der Waals surface area contributed by atoms with Crippen molar-refractivity contribution in [3.63, 3.8) is 0 Å². The van der Waals surface area contributed by atoms with Crippen LogP contribution in [-0.4, -0.2) is 29.9 Å². The number of benzene rings is 1. The molecule has 19 heavy (non-hydrogen) atoms. The van der Waals surface area contributed by atoms with Crippen LogP contribution < -0.4 is 5.32 Å². The van der Waals surface area contributed by atoms with E-state index in [1.807, 2.05) is 0 Å². The topological polar surface area (TPSA) is 77.2 Å². The van der Waals surface area contributed by atoms with Gasteiger partial charge in [-0.3, -0.25) is 0 Å². The molecule has 2 aromatic rings. The van der Waals surface area contributed by atoms with Crippen LogP contribution in [0.1, 0.15) is 5.89 Å². The third kappa shape index (κ3) is 3.27. The molecule has 0 saturated heterocycles. The van der Waals surface area contributed by atoms with Crippen molar-refractivity contribution in [2.75, 3.05) is 13.7 Å². The summed E-state index contributed by atoms with van der Waals surface area (Å²) < 4.78 is 22.9. The van der Waals surface area contributed by atoms with Gasteiger partial charge in [0, 0.05) is 13.0 Å². The van der Waals surface area contributed by atoms with Crippen LogP contribution in [0.15, 0.2) is 28.8 Å². The predicted octanol–water partition coefficient (Wildman–Crippen LogP) is 1.77. The van der Waals surface area contributed by atoms with Gasteiger partial charge >= 0.3 is 6.09 Å². The van der Waals surface area contributed by atoms with Crippen molar-refractivity contribution in [2.24, 2.45) is 0 Å². The van der Waals surface area contributed by atoms with E-state index in [2.05, 4.69) is 20.2 Å². The number of carbonyl (C=O) groups is 1. The highest BCUT2D eigenvalue weighted by molar-refractivity contribution is 5.66. The van der Waals surface area contributed by atoms with Gasteiger partial charge in [-0.1, -0.05) is 17.3 Å². The highest BCUT2D eigenvalue weighted by Gasteiger charge is 2.12. The Balaban J connectivity index is 2.00. The maximum atomic E-state index is 13.5. The zero-order valence-corrected chi connectivity index (χ0v) is 10.2. The average Bonchev–Trinajstić information content (AvgIpc) is 2.87. The second-order valence-corrected chi connectivity index (χ2v) is 3.66. The van der Waals surface area contributed by atoms with Gasteiger partial charge in [0.05, 0.1) is 12.7 Å². The minimum absolute atomic E-state index is 0.186. The summed E-state index contributed by atoms with van der Waals surface area (Å²) in [5.41, 5.74) is 0.276. The van der Waals surface area contributed by atoms with E-state index in [0.717, 1.165) is 0 Å². The third-order valence-electron chi connectivity index (χ3n) is 2.38. The third-order valence-corrected chi connectivity index (χ3v) is 2.38. The molecule has 0 fully saturated rings. The van der Waals surface area contributed by atoms with E-state index >= 15 is 0 Å². The van der Waals surface area contributed by atoms with Gasteiger partial charge in [0.1, 0.15) is 5.82 Å². The van der Waals surface area contributed by atoms with Crippen LogP contribution in [0, 0.1) is 5.82 Å². The maximum Gasteiger partial charge on any atom is 0.406 e. The van der Waals surface area contributed by atoms with Crippen LogP contribution in [-0.2, 0) is 11.2 Å². The van der Waals surface area contributed by atoms with E-state index in [-0.39, 0.29) is 11.4 Å². The molecule has 1 N–H and O–H groups in total. The summed E-state index contributed by atoms with van der Waals surface area (Å²) in [5, 5.41) is 6.17.